The highest BCUT2D eigenvalue weighted by Gasteiger charge is 2.38. The highest BCUT2D eigenvalue weighted by molar-refractivity contribution is 5.96. The van der Waals surface area contributed by atoms with Crippen LogP contribution in [0.4, 0.5) is 32.0 Å². The number of alkyl halides is 6. The number of hydrogen-bond acceptors (Lipinski definition) is 2. The van der Waals surface area contributed by atoms with Crippen LogP contribution in [0.3, 0.4) is 0 Å². The molecule has 10 heteroatoms. The van der Waals surface area contributed by atoms with Crippen LogP contribution < -0.4 is 5.32 Å². The van der Waals surface area contributed by atoms with Gasteiger partial charge in [-0.3, -0.25) is 9.59 Å². The second-order valence-electron chi connectivity index (χ2n) is 9.24. The lowest BCUT2D eigenvalue weighted by Crippen LogP contribution is -2.43. The molecule has 38 heavy (non-hydrogen) atoms. The lowest BCUT2D eigenvalue weighted by atomic mass is 9.95. The average Bonchev–Trinajstić information content (AvgIpc) is 2.88. The summed E-state index contributed by atoms with van der Waals surface area (Å²) in [4.78, 5) is 27.1. The molecule has 4 nitrogen and oxygen atoms in total. The van der Waals surface area contributed by atoms with Gasteiger partial charge in [-0.15, -0.1) is 0 Å². The molecule has 1 N–H and O–H groups in total. The van der Waals surface area contributed by atoms with Gasteiger partial charge in [0.05, 0.1) is 17.0 Å². The number of likely N-dealkylation sites (tertiary alicyclic amines) is 1. The fourth-order valence-corrected chi connectivity index (χ4v) is 4.47. The first-order valence-electron chi connectivity index (χ1n) is 11.9. The third-order valence-electron chi connectivity index (χ3n) is 6.36. The Kier molecular flexibility index (Phi) is 7.80. The number of halogens is 6. The first kappa shape index (κ1) is 27.2. The van der Waals surface area contributed by atoms with Crippen molar-refractivity contribution in [2.24, 2.45) is 5.92 Å². The van der Waals surface area contributed by atoms with Gasteiger partial charge in [0.15, 0.2) is 0 Å². The van der Waals surface area contributed by atoms with Gasteiger partial charge >= 0.3 is 12.4 Å². The van der Waals surface area contributed by atoms with Crippen molar-refractivity contribution in [1.82, 2.24) is 4.90 Å². The highest BCUT2D eigenvalue weighted by Crippen LogP contribution is 2.37. The fraction of sp³-hybridized carbons (Fsp3) is 0.286. The van der Waals surface area contributed by atoms with Crippen molar-refractivity contribution in [3.05, 3.63) is 101 Å². The van der Waals surface area contributed by atoms with E-state index in [1.807, 2.05) is 42.5 Å². The van der Waals surface area contributed by atoms with Crippen LogP contribution in [0.1, 0.15) is 45.5 Å². The Morgan fingerprint density at radius 3 is 2.08 bits per heavy atom. The number of benzene rings is 3. The van der Waals surface area contributed by atoms with Crippen molar-refractivity contribution < 1.29 is 35.9 Å². The van der Waals surface area contributed by atoms with E-state index in [1.165, 1.54) is 0 Å². The summed E-state index contributed by atoms with van der Waals surface area (Å²) in [5.74, 6) is -2.03. The Bertz CT molecular complexity index is 1270. The van der Waals surface area contributed by atoms with E-state index in [2.05, 4.69) is 5.32 Å². The van der Waals surface area contributed by atoms with Crippen LogP contribution in [0.25, 0.3) is 0 Å². The Hall–Kier alpha value is -3.82. The molecule has 1 saturated heterocycles. The maximum absolute atomic E-state index is 13.2. The molecule has 200 valence electrons. The molecule has 0 saturated carbocycles. The van der Waals surface area contributed by atoms with Crippen molar-refractivity contribution in [3.63, 3.8) is 0 Å². The largest absolute Gasteiger partial charge is 0.416 e. The number of piperidine rings is 1. The molecule has 4 rings (SSSR count). The number of rotatable bonds is 5. The minimum absolute atomic E-state index is 0.0187. The van der Waals surface area contributed by atoms with Crippen LogP contribution in [0.15, 0.2) is 72.8 Å². The van der Waals surface area contributed by atoms with E-state index in [0.29, 0.717) is 37.1 Å². The standard InChI is InChI=1S/C28H24F6N2O2/c29-27(30,31)22-14-21(15-23(16-22)28(32,33)34)26(38)36-11-5-9-20(17-36)25(37)35-24-10-4-8-19(13-24)12-18-6-2-1-3-7-18/h1-4,6-8,10,13-16,20H,5,9,11-12,17H2,(H,35,37). The Morgan fingerprint density at radius 2 is 1.45 bits per heavy atom. The summed E-state index contributed by atoms with van der Waals surface area (Å²) in [6, 6.07) is 17.8. The van der Waals surface area contributed by atoms with Crippen molar-refractivity contribution >= 4 is 17.5 Å². The van der Waals surface area contributed by atoms with Crippen LogP contribution in [0.2, 0.25) is 0 Å². The molecule has 0 radical (unpaired) electrons. The smallest absolute Gasteiger partial charge is 0.338 e. The van der Waals surface area contributed by atoms with Crippen LogP contribution in [-0.2, 0) is 23.6 Å². The van der Waals surface area contributed by atoms with Crippen LogP contribution in [0.5, 0.6) is 0 Å². The summed E-state index contributed by atoms with van der Waals surface area (Å²) in [6.45, 7) is -0.00125. The summed E-state index contributed by atoms with van der Waals surface area (Å²) >= 11 is 0. The Labute approximate surface area is 215 Å². The molecule has 3 aromatic rings. The normalized spacial score (nSPS) is 16.3. The number of amides is 2. The van der Waals surface area contributed by atoms with Gasteiger partial charge in [-0.05, 0) is 60.7 Å². The lowest BCUT2D eigenvalue weighted by molar-refractivity contribution is -0.143. The average molecular weight is 535 g/mol. The van der Waals surface area contributed by atoms with Crippen molar-refractivity contribution in [1.29, 1.82) is 0 Å². The van der Waals surface area contributed by atoms with Gasteiger partial charge in [0.1, 0.15) is 0 Å². The molecular formula is C28H24F6N2O2. The van der Waals surface area contributed by atoms with E-state index >= 15 is 0 Å². The second-order valence-corrected chi connectivity index (χ2v) is 9.24. The number of nitrogens with zero attached hydrogens (tertiary/aromatic N) is 1. The van der Waals surface area contributed by atoms with Crippen LogP contribution in [0, 0.1) is 5.92 Å². The van der Waals surface area contributed by atoms with Gasteiger partial charge in [-0.2, -0.15) is 26.3 Å². The second kappa shape index (κ2) is 10.9. The highest BCUT2D eigenvalue weighted by atomic mass is 19.4. The zero-order valence-electron chi connectivity index (χ0n) is 20.1. The summed E-state index contributed by atoms with van der Waals surface area (Å²) in [5, 5.41) is 2.82. The molecule has 1 aliphatic heterocycles. The summed E-state index contributed by atoms with van der Waals surface area (Å²) in [6.07, 6.45) is -8.66. The molecule has 0 spiro atoms. The molecule has 2 amide bonds. The van der Waals surface area contributed by atoms with Gasteiger partial charge in [0.25, 0.3) is 5.91 Å². The van der Waals surface area contributed by atoms with E-state index in [0.717, 1.165) is 16.0 Å². The minimum Gasteiger partial charge on any atom is -0.338 e. The van der Waals surface area contributed by atoms with Crippen LogP contribution >= 0.6 is 0 Å². The summed E-state index contributed by atoms with van der Waals surface area (Å²) in [5.41, 5.74) is -1.21. The lowest BCUT2D eigenvalue weighted by Gasteiger charge is -2.32. The molecule has 0 bridgehead atoms. The molecule has 1 atom stereocenters. The third-order valence-corrected chi connectivity index (χ3v) is 6.36. The molecule has 3 aromatic carbocycles. The molecule has 1 unspecified atom stereocenters. The topological polar surface area (TPSA) is 49.4 Å². The SMILES string of the molecule is O=C(Nc1cccc(Cc2ccccc2)c1)C1CCCN(C(=O)c2cc(C(F)(F)F)cc(C(F)(F)F)c2)C1. The van der Waals surface area contributed by atoms with E-state index in [4.69, 9.17) is 0 Å². The van der Waals surface area contributed by atoms with Crippen molar-refractivity contribution in [2.45, 2.75) is 31.6 Å². The predicted octanol–water partition coefficient (Wildman–Crippen LogP) is 6.81. The van der Waals surface area contributed by atoms with Gasteiger partial charge < -0.3 is 10.2 Å². The number of carbonyl (C=O) groups is 2. The van der Waals surface area contributed by atoms with Gasteiger partial charge in [0, 0.05) is 24.3 Å². The van der Waals surface area contributed by atoms with Gasteiger partial charge in [-0.25, -0.2) is 0 Å². The van der Waals surface area contributed by atoms with Crippen molar-refractivity contribution in [3.8, 4) is 0 Å². The molecule has 0 aromatic heterocycles. The number of nitrogens with one attached hydrogen (secondary N) is 1. The van der Waals surface area contributed by atoms with Gasteiger partial charge in [-0.1, -0.05) is 42.5 Å². The summed E-state index contributed by atoms with van der Waals surface area (Å²) in [7, 11) is 0. The van der Waals surface area contributed by atoms with E-state index < -0.39 is 40.9 Å². The van der Waals surface area contributed by atoms with Crippen LogP contribution in [-0.4, -0.2) is 29.8 Å². The molecule has 1 aliphatic rings. The van der Waals surface area contributed by atoms with Crippen molar-refractivity contribution in [2.75, 3.05) is 18.4 Å². The molecule has 0 aliphatic carbocycles. The molecular weight excluding hydrogens is 510 g/mol. The van der Waals surface area contributed by atoms with Gasteiger partial charge in [0.2, 0.25) is 5.91 Å². The first-order valence-corrected chi connectivity index (χ1v) is 11.9. The van der Waals surface area contributed by atoms with E-state index in [9.17, 15) is 35.9 Å². The maximum atomic E-state index is 13.2. The minimum atomic E-state index is -5.06. The Balaban J connectivity index is 1.47. The zero-order valence-corrected chi connectivity index (χ0v) is 20.1. The fourth-order valence-electron chi connectivity index (χ4n) is 4.47. The quantitative estimate of drug-likeness (QED) is 0.366. The third kappa shape index (κ3) is 6.73. The molecule has 1 heterocycles. The zero-order chi connectivity index (χ0) is 27.5. The van der Waals surface area contributed by atoms with E-state index in [1.54, 1.807) is 12.1 Å². The number of anilines is 1. The summed E-state index contributed by atoms with van der Waals surface area (Å²) < 4.78 is 79.3. The molecule has 1 fully saturated rings. The number of hydrogen-bond donors (Lipinski definition) is 1. The monoisotopic (exact) mass is 534 g/mol. The first-order chi connectivity index (χ1) is 17.9. The Morgan fingerprint density at radius 1 is 0.816 bits per heavy atom. The number of carbonyl (C=O) groups excluding carboxylic acids is 2. The predicted molar refractivity (Wildman–Crippen MR) is 129 cm³/mol. The van der Waals surface area contributed by atoms with E-state index in [-0.39, 0.29) is 25.1 Å². The maximum Gasteiger partial charge on any atom is 0.416 e.